The lowest BCUT2D eigenvalue weighted by molar-refractivity contribution is -0.692. The summed E-state index contributed by atoms with van der Waals surface area (Å²) in [5.41, 5.74) is 1.36. The van der Waals surface area contributed by atoms with Crippen LogP contribution in [0.15, 0.2) is 24.5 Å². The number of aliphatic hydroxyl groups excluding tert-OH is 1. The summed E-state index contributed by atoms with van der Waals surface area (Å²) < 4.78 is 1.94. The Hall–Kier alpha value is -0.890. The number of rotatable bonds is 4. The summed E-state index contributed by atoms with van der Waals surface area (Å²) in [6, 6.07) is 4.22. The number of pyridine rings is 1. The van der Waals surface area contributed by atoms with Gasteiger partial charge in [0.15, 0.2) is 18.9 Å². The molecule has 0 aliphatic heterocycles. The molecule has 13 heavy (non-hydrogen) atoms. The Labute approximate surface area is 79.8 Å². The zero-order chi connectivity index (χ0) is 9.68. The summed E-state index contributed by atoms with van der Waals surface area (Å²) in [6.07, 6.45) is 5.15. The molecular formula is C11H17NO+. The van der Waals surface area contributed by atoms with Gasteiger partial charge in [0.25, 0.3) is 0 Å². The highest BCUT2D eigenvalue weighted by Gasteiger charge is 2.04. The van der Waals surface area contributed by atoms with Crippen molar-refractivity contribution >= 4 is 0 Å². The molecule has 0 aliphatic carbocycles. The molecule has 0 aliphatic rings. The molecule has 0 amide bonds. The zero-order valence-electron chi connectivity index (χ0n) is 8.27. The third-order valence-corrected chi connectivity index (χ3v) is 2.39. The lowest BCUT2D eigenvalue weighted by atomic mass is 10.0. The van der Waals surface area contributed by atoms with Gasteiger partial charge in [0.05, 0.1) is 0 Å². The first-order chi connectivity index (χ1) is 6.27. The Bertz CT molecular complexity index is 243. The second kappa shape index (κ2) is 4.97. The topological polar surface area (TPSA) is 24.1 Å². The maximum Gasteiger partial charge on any atom is 0.176 e. The molecule has 0 spiro atoms. The van der Waals surface area contributed by atoms with Gasteiger partial charge >= 0.3 is 0 Å². The Morgan fingerprint density at radius 3 is 2.54 bits per heavy atom. The number of hydrogen-bond donors (Lipinski definition) is 1. The van der Waals surface area contributed by atoms with Crippen LogP contribution < -0.4 is 4.57 Å². The van der Waals surface area contributed by atoms with Gasteiger partial charge in [-0.3, -0.25) is 0 Å². The van der Waals surface area contributed by atoms with Gasteiger partial charge in [-0.2, -0.15) is 0 Å². The minimum absolute atomic E-state index is 0.556. The molecule has 1 radical (unpaired) electrons. The van der Waals surface area contributed by atoms with Gasteiger partial charge in [-0.25, -0.2) is 4.57 Å². The number of hydrogen-bond acceptors (Lipinski definition) is 1. The van der Waals surface area contributed by atoms with Crippen molar-refractivity contribution in [3.8, 4) is 0 Å². The van der Waals surface area contributed by atoms with Gasteiger partial charge in [-0.1, -0.05) is 13.8 Å². The fourth-order valence-electron chi connectivity index (χ4n) is 1.25. The fraction of sp³-hybridized carbons (Fsp3) is 0.455. The standard InChI is InChI=1S/C11H17NO/c1-3-10(2)11-4-6-12(7-5-11)8-9-13/h4-7,9-10,13H,3,8H2,1-2H3/q+1. The van der Waals surface area contributed by atoms with Gasteiger partial charge in [0.2, 0.25) is 0 Å². The van der Waals surface area contributed by atoms with Gasteiger partial charge < -0.3 is 5.11 Å². The van der Waals surface area contributed by atoms with Crippen LogP contribution in [0.1, 0.15) is 31.7 Å². The molecule has 0 saturated heterocycles. The second-order valence-electron chi connectivity index (χ2n) is 3.32. The van der Waals surface area contributed by atoms with Crippen molar-refractivity contribution in [1.29, 1.82) is 0 Å². The Morgan fingerprint density at radius 2 is 2.08 bits per heavy atom. The predicted molar refractivity (Wildman–Crippen MR) is 51.6 cm³/mol. The van der Waals surface area contributed by atoms with E-state index in [1.54, 1.807) is 0 Å². The van der Waals surface area contributed by atoms with Crippen LogP contribution in [0, 0.1) is 6.61 Å². The minimum atomic E-state index is 0.556. The Morgan fingerprint density at radius 1 is 1.46 bits per heavy atom. The predicted octanol–water partition coefficient (Wildman–Crippen LogP) is 2.02. The molecule has 1 heterocycles. The van der Waals surface area contributed by atoms with E-state index in [2.05, 4.69) is 26.0 Å². The normalized spacial score (nSPS) is 12.8. The van der Waals surface area contributed by atoms with Crippen molar-refractivity contribution in [2.75, 3.05) is 0 Å². The lowest BCUT2D eigenvalue weighted by Gasteiger charge is -2.06. The van der Waals surface area contributed by atoms with Crippen molar-refractivity contribution in [2.45, 2.75) is 32.7 Å². The van der Waals surface area contributed by atoms with Crippen LogP contribution in [0.4, 0.5) is 0 Å². The van der Waals surface area contributed by atoms with Crippen LogP contribution in [-0.2, 0) is 6.54 Å². The SMILES string of the molecule is CCC(C)c1cc[n+](C[CH]O)cc1. The average Bonchev–Trinajstić information content (AvgIpc) is 2.18. The molecule has 71 valence electrons. The molecule has 1 atom stereocenters. The van der Waals surface area contributed by atoms with E-state index < -0.39 is 0 Å². The smallest absolute Gasteiger partial charge is 0.176 e. The Kier molecular flexibility index (Phi) is 3.90. The molecule has 0 aromatic carbocycles. The highest BCUT2D eigenvalue weighted by atomic mass is 16.3. The lowest BCUT2D eigenvalue weighted by Crippen LogP contribution is -2.32. The highest BCUT2D eigenvalue weighted by Crippen LogP contribution is 2.16. The van der Waals surface area contributed by atoms with Crippen LogP contribution in [0.5, 0.6) is 0 Å². The largest absolute Gasteiger partial charge is 0.383 e. The summed E-state index contributed by atoms with van der Waals surface area (Å²) in [7, 11) is 0. The van der Waals surface area contributed by atoms with E-state index in [0.29, 0.717) is 12.5 Å². The molecule has 0 fully saturated rings. The van der Waals surface area contributed by atoms with Gasteiger partial charge in [0, 0.05) is 12.1 Å². The van der Waals surface area contributed by atoms with E-state index in [0.717, 1.165) is 13.0 Å². The number of aromatic nitrogens is 1. The molecule has 0 bridgehead atoms. The van der Waals surface area contributed by atoms with E-state index in [4.69, 9.17) is 5.11 Å². The van der Waals surface area contributed by atoms with E-state index in [1.165, 1.54) is 5.56 Å². The van der Waals surface area contributed by atoms with E-state index in [-0.39, 0.29) is 0 Å². The third kappa shape index (κ3) is 2.81. The molecule has 1 rings (SSSR count). The maximum atomic E-state index is 8.60. The van der Waals surface area contributed by atoms with Crippen LogP contribution in [0.3, 0.4) is 0 Å². The summed E-state index contributed by atoms with van der Waals surface area (Å²) in [5, 5.41) is 8.60. The number of aliphatic hydroxyl groups is 1. The quantitative estimate of drug-likeness (QED) is 0.702. The van der Waals surface area contributed by atoms with Crippen LogP contribution in [0.25, 0.3) is 0 Å². The maximum absolute atomic E-state index is 8.60. The number of nitrogens with zero attached hydrogens (tertiary/aromatic N) is 1. The Balaban J connectivity index is 2.69. The van der Waals surface area contributed by atoms with Crippen molar-refractivity contribution in [3.63, 3.8) is 0 Å². The van der Waals surface area contributed by atoms with Crippen molar-refractivity contribution in [2.24, 2.45) is 0 Å². The van der Waals surface area contributed by atoms with Gasteiger partial charge in [-0.15, -0.1) is 0 Å². The summed E-state index contributed by atoms with van der Waals surface area (Å²) >= 11 is 0. The first kappa shape index (κ1) is 10.2. The van der Waals surface area contributed by atoms with E-state index >= 15 is 0 Å². The summed E-state index contributed by atoms with van der Waals surface area (Å²) in [4.78, 5) is 0. The van der Waals surface area contributed by atoms with Gasteiger partial charge in [-0.05, 0) is 17.9 Å². The highest BCUT2D eigenvalue weighted by molar-refractivity contribution is 5.12. The molecule has 0 saturated carbocycles. The monoisotopic (exact) mass is 179 g/mol. The van der Waals surface area contributed by atoms with E-state index in [9.17, 15) is 0 Å². The van der Waals surface area contributed by atoms with Crippen LogP contribution in [0.2, 0.25) is 0 Å². The first-order valence-electron chi connectivity index (χ1n) is 4.72. The first-order valence-corrected chi connectivity index (χ1v) is 4.72. The third-order valence-electron chi connectivity index (χ3n) is 2.39. The van der Waals surface area contributed by atoms with Crippen molar-refractivity contribution < 1.29 is 9.67 Å². The van der Waals surface area contributed by atoms with Crippen molar-refractivity contribution in [1.82, 2.24) is 0 Å². The molecule has 1 aromatic rings. The summed E-state index contributed by atoms with van der Waals surface area (Å²) in [5.74, 6) is 0.618. The fourth-order valence-corrected chi connectivity index (χ4v) is 1.25. The summed E-state index contributed by atoms with van der Waals surface area (Å²) in [6.45, 7) is 6.12. The molecule has 1 unspecified atom stereocenters. The van der Waals surface area contributed by atoms with Crippen molar-refractivity contribution in [3.05, 3.63) is 36.7 Å². The zero-order valence-corrected chi connectivity index (χ0v) is 8.27. The molecular weight excluding hydrogens is 162 g/mol. The molecule has 2 nitrogen and oxygen atoms in total. The molecule has 1 aromatic heterocycles. The molecule has 2 heteroatoms. The average molecular weight is 179 g/mol. The minimum Gasteiger partial charge on any atom is -0.383 e. The molecule has 1 N–H and O–H groups in total. The van der Waals surface area contributed by atoms with Crippen LogP contribution in [-0.4, -0.2) is 5.11 Å². The van der Waals surface area contributed by atoms with Crippen LogP contribution >= 0.6 is 0 Å². The van der Waals surface area contributed by atoms with Gasteiger partial charge in [0.1, 0.15) is 6.61 Å². The van der Waals surface area contributed by atoms with E-state index in [1.807, 2.05) is 17.0 Å². The second-order valence-corrected chi connectivity index (χ2v) is 3.32.